The summed E-state index contributed by atoms with van der Waals surface area (Å²) in [5.74, 6) is -1.75. The minimum absolute atomic E-state index is 0.0716. The second kappa shape index (κ2) is 12.0. The fraction of sp³-hybridized carbons (Fsp3) is 0.583. The van der Waals surface area contributed by atoms with Gasteiger partial charge in [0.05, 0.1) is 0 Å². The van der Waals surface area contributed by atoms with Gasteiger partial charge in [-0.1, -0.05) is 64.3 Å². The molecule has 1 heterocycles. The van der Waals surface area contributed by atoms with E-state index in [0.29, 0.717) is 23.6 Å². The fourth-order valence-corrected chi connectivity index (χ4v) is 8.63. The van der Waals surface area contributed by atoms with E-state index in [4.69, 9.17) is 4.74 Å². The summed E-state index contributed by atoms with van der Waals surface area (Å²) in [5.41, 5.74) is 1.95. The number of anilines is 1. The SMILES string of the molecule is CC1(C)C2CCC1(C)C(OC(=O)[C@@H]1Cc3ccccc3N1C(=O)[C@@H](NC(=O)[C@H](O)Cc1ccc(O)c(O)c1)C1CCCCC1)C2. The van der Waals surface area contributed by atoms with Gasteiger partial charge in [0.25, 0.3) is 5.91 Å². The van der Waals surface area contributed by atoms with Crippen LogP contribution in [0, 0.1) is 22.7 Å². The summed E-state index contributed by atoms with van der Waals surface area (Å²) in [4.78, 5) is 43.6. The third kappa shape index (κ3) is 5.58. The predicted molar refractivity (Wildman–Crippen MR) is 169 cm³/mol. The van der Waals surface area contributed by atoms with Crippen molar-refractivity contribution >= 4 is 23.5 Å². The summed E-state index contributed by atoms with van der Waals surface area (Å²) >= 11 is 0. The van der Waals surface area contributed by atoms with Crippen LogP contribution in [0.4, 0.5) is 5.69 Å². The van der Waals surface area contributed by atoms with Crippen LogP contribution >= 0.6 is 0 Å². The number of aliphatic hydroxyl groups excluding tert-OH is 1. The van der Waals surface area contributed by atoms with Crippen molar-refractivity contribution in [3.63, 3.8) is 0 Å². The lowest BCUT2D eigenvalue weighted by Crippen LogP contribution is -2.58. The number of phenols is 2. The van der Waals surface area contributed by atoms with E-state index in [9.17, 15) is 29.7 Å². The van der Waals surface area contributed by atoms with Crippen LogP contribution in [0.25, 0.3) is 0 Å². The number of carbonyl (C=O) groups excluding carboxylic acids is 3. The van der Waals surface area contributed by atoms with Crippen LogP contribution in [-0.4, -0.2) is 57.4 Å². The van der Waals surface area contributed by atoms with Gasteiger partial charge in [-0.05, 0) is 78.7 Å². The zero-order chi connectivity index (χ0) is 32.1. The van der Waals surface area contributed by atoms with Crippen molar-refractivity contribution in [3.05, 3.63) is 53.6 Å². The summed E-state index contributed by atoms with van der Waals surface area (Å²) in [6, 6.07) is 9.85. The Balaban J connectivity index is 1.24. The average Bonchev–Trinajstić information content (AvgIpc) is 3.58. The third-order valence-corrected chi connectivity index (χ3v) is 11.9. The molecule has 2 aromatic rings. The number of para-hydroxylation sites is 1. The Bertz CT molecular complexity index is 1470. The van der Waals surface area contributed by atoms with E-state index in [-0.39, 0.29) is 46.7 Å². The van der Waals surface area contributed by atoms with Gasteiger partial charge in [-0.15, -0.1) is 0 Å². The van der Waals surface area contributed by atoms with Crippen LogP contribution in [0.3, 0.4) is 0 Å². The molecule has 2 bridgehead atoms. The number of nitrogens with one attached hydrogen (secondary N) is 1. The Hall–Kier alpha value is -3.59. The van der Waals surface area contributed by atoms with Crippen molar-refractivity contribution < 1.29 is 34.4 Å². The summed E-state index contributed by atoms with van der Waals surface area (Å²) in [5, 5.41) is 33.2. The Kier molecular flexibility index (Phi) is 8.35. The smallest absolute Gasteiger partial charge is 0.329 e. The molecule has 0 aromatic heterocycles. The second-order valence-corrected chi connectivity index (χ2v) is 14.5. The van der Waals surface area contributed by atoms with Crippen LogP contribution in [0.5, 0.6) is 11.5 Å². The van der Waals surface area contributed by atoms with Crippen LogP contribution in [0.1, 0.15) is 83.3 Å². The Morgan fingerprint density at radius 3 is 2.40 bits per heavy atom. The molecule has 0 radical (unpaired) electrons. The first kappa shape index (κ1) is 31.4. The lowest BCUT2D eigenvalue weighted by molar-refractivity contribution is -0.159. The zero-order valence-electron chi connectivity index (χ0n) is 26.5. The molecule has 2 aromatic carbocycles. The number of rotatable bonds is 8. The first-order valence-electron chi connectivity index (χ1n) is 16.5. The minimum atomic E-state index is -1.48. The average molecular weight is 619 g/mol. The number of ether oxygens (including phenoxy) is 1. The van der Waals surface area contributed by atoms with Gasteiger partial charge < -0.3 is 25.4 Å². The van der Waals surface area contributed by atoms with Crippen molar-refractivity contribution in [1.82, 2.24) is 5.32 Å². The molecule has 3 unspecified atom stereocenters. The standard InChI is InChI=1S/C36H46N2O7/c1-35(2)24-15-16-36(35,3)30(20-24)45-34(44)26-19-23-11-7-8-12-25(23)38(26)33(43)31(22-9-5-4-6-10-22)37-32(42)29(41)18-21-13-14-27(39)28(40)17-21/h7-8,11-14,17,22,24,26,29-31,39-41H,4-6,9-10,15-16,18-20H2,1-3H3,(H,37,42)/t24?,26-,29+,30?,31-,36?/m0/s1. The van der Waals surface area contributed by atoms with Gasteiger partial charge in [-0.2, -0.15) is 0 Å². The van der Waals surface area contributed by atoms with Gasteiger partial charge >= 0.3 is 5.97 Å². The summed E-state index contributed by atoms with van der Waals surface area (Å²) < 4.78 is 6.31. The zero-order valence-corrected chi connectivity index (χ0v) is 26.5. The molecular formula is C36H46N2O7. The maximum absolute atomic E-state index is 14.6. The molecule has 2 amide bonds. The molecule has 6 rings (SSSR count). The lowest BCUT2D eigenvalue weighted by atomic mass is 9.70. The first-order chi connectivity index (χ1) is 21.4. The highest BCUT2D eigenvalue weighted by Crippen LogP contribution is 2.66. The van der Waals surface area contributed by atoms with E-state index < -0.39 is 30.1 Å². The molecule has 9 nitrogen and oxygen atoms in total. The summed E-state index contributed by atoms with van der Waals surface area (Å²) in [7, 11) is 0. The van der Waals surface area contributed by atoms with Gasteiger partial charge in [0.2, 0.25) is 5.91 Å². The third-order valence-electron chi connectivity index (χ3n) is 11.9. The van der Waals surface area contributed by atoms with Crippen LogP contribution in [-0.2, 0) is 32.0 Å². The van der Waals surface area contributed by atoms with Gasteiger partial charge in [-0.3, -0.25) is 14.5 Å². The number of aromatic hydroxyl groups is 2. The van der Waals surface area contributed by atoms with Crippen molar-refractivity contribution in [2.24, 2.45) is 22.7 Å². The highest BCUT2D eigenvalue weighted by atomic mass is 16.5. The molecule has 1 aliphatic heterocycles. The molecule has 3 aliphatic carbocycles. The second-order valence-electron chi connectivity index (χ2n) is 14.5. The molecule has 6 atom stereocenters. The molecule has 4 N–H and O–H groups in total. The summed E-state index contributed by atoms with van der Waals surface area (Å²) in [6.45, 7) is 6.77. The van der Waals surface area contributed by atoms with E-state index in [2.05, 4.69) is 26.1 Å². The van der Waals surface area contributed by atoms with Crippen molar-refractivity contribution in [2.75, 3.05) is 4.90 Å². The van der Waals surface area contributed by atoms with Crippen molar-refractivity contribution in [3.8, 4) is 11.5 Å². The summed E-state index contributed by atoms with van der Waals surface area (Å²) in [6.07, 6.45) is 5.94. The molecule has 3 fully saturated rings. The highest BCUT2D eigenvalue weighted by Gasteiger charge is 2.63. The molecule has 3 saturated carbocycles. The molecule has 0 saturated heterocycles. The predicted octanol–water partition coefficient (Wildman–Crippen LogP) is 4.78. The van der Waals surface area contributed by atoms with E-state index in [0.717, 1.165) is 56.9 Å². The number of phenolic OH excluding ortho intramolecular Hbond substituents is 2. The van der Waals surface area contributed by atoms with Crippen molar-refractivity contribution in [2.45, 2.75) is 109 Å². The maximum atomic E-state index is 14.6. The number of benzene rings is 2. The Morgan fingerprint density at radius 1 is 1.00 bits per heavy atom. The number of hydrogen-bond acceptors (Lipinski definition) is 7. The number of esters is 1. The largest absolute Gasteiger partial charge is 0.504 e. The van der Waals surface area contributed by atoms with Gasteiger partial charge in [0.15, 0.2) is 11.5 Å². The fourth-order valence-electron chi connectivity index (χ4n) is 8.63. The van der Waals surface area contributed by atoms with Gasteiger partial charge in [0, 0.05) is 23.9 Å². The topological polar surface area (TPSA) is 136 Å². The van der Waals surface area contributed by atoms with Crippen molar-refractivity contribution in [1.29, 1.82) is 0 Å². The number of hydrogen-bond donors (Lipinski definition) is 4. The van der Waals surface area contributed by atoms with Crippen LogP contribution in [0.2, 0.25) is 0 Å². The number of amides is 2. The Labute approximate surface area is 265 Å². The highest BCUT2D eigenvalue weighted by molar-refractivity contribution is 6.06. The number of carbonyl (C=O) groups is 3. The van der Waals surface area contributed by atoms with Gasteiger partial charge in [-0.25, -0.2) is 4.79 Å². The maximum Gasteiger partial charge on any atom is 0.329 e. The molecule has 45 heavy (non-hydrogen) atoms. The number of nitrogens with zero attached hydrogens (tertiary/aromatic N) is 1. The van der Waals surface area contributed by atoms with Gasteiger partial charge in [0.1, 0.15) is 24.3 Å². The number of aliphatic hydroxyl groups is 1. The normalized spacial score (nSPS) is 28.4. The minimum Gasteiger partial charge on any atom is -0.504 e. The number of fused-ring (bicyclic) bond motifs is 3. The Morgan fingerprint density at radius 2 is 1.73 bits per heavy atom. The molecule has 242 valence electrons. The van der Waals surface area contributed by atoms with Crippen LogP contribution in [0.15, 0.2) is 42.5 Å². The van der Waals surface area contributed by atoms with E-state index in [1.165, 1.54) is 18.2 Å². The van der Waals surface area contributed by atoms with E-state index in [1.54, 1.807) is 4.90 Å². The first-order valence-corrected chi connectivity index (χ1v) is 16.5. The van der Waals surface area contributed by atoms with E-state index >= 15 is 0 Å². The molecular weight excluding hydrogens is 572 g/mol. The quantitative estimate of drug-likeness (QED) is 0.247. The lowest BCUT2D eigenvalue weighted by Gasteiger charge is -2.39. The van der Waals surface area contributed by atoms with Crippen LogP contribution < -0.4 is 10.2 Å². The monoisotopic (exact) mass is 618 g/mol. The molecule has 9 heteroatoms. The molecule has 4 aliphatic rings. The molecule has 0 spiro atoms. The van der Waals surface area contributed by atoms with E-state index in [1.807, 2.05) is 24.3 Å².